The molecular weight excluding hydrogens is 256 g/mol. The molecule has 0 amide bonds. The highest BCUT2D eigenvalue weighted by molar-refractivity contribution is 5.20. The fourth-order valence-corrected chi connectivity index (χ4v) is 4.42. The summed E-state index contributed by atoms with van der Waals surface area (Å²) in [5, 5.41) is 0. The third-order valence-corrected chi connectivity index (χ3v) is 5.69. The van der Waals surface area contributed by atoms with Crippen LogP contribution in [0.4, 0.5) is 0 Å². The summed E-state index contributed by atoms with van der Waals surface area (Å²) >= 11 is 0. The molecule has 0 heterocycles. The van der Waals surface area contributed by atoms with Gasteiger partial charge in [-0.05, 0) is 68.3 Å². The first kappa shape index (κ1) is 15.1. The van der Waals surface area contributed by atoms with Gasteiger partial charge in [0.1, 0.15) is 0 Å². The zero-order chi connectivity index (χ0) is 14.5. The molecule has 0 unspecified atom stereocenters. The fraction of sp³-hybridized carbons (Fsp3) is 0.700. The van der Waals surface area contributed by atoms with Gasteiger partial charge in [0, 0.05) is 6.61 Å². The van der Waals surface area contributed by atoms with Crippen molar-refractivity contribution >= 4 is 0 Å². The second kappa shape index (κ2) is 7.45. The molecule has 0 aliphatic heterocycles. The summed E-state index contributed by atoms with van der Waals surface area (Å²) in [5.74, 6) is 2.70. The Morgan fingerprint density at radius 1 is 0.952 bits per heavy atom. The number of hydrogen-bond donors (Lipinski definition) is 0. The maximum absolute atomic E-state index is 6.08. The lowest BCUT2D eigenvalue weighted by molar-refractivity contribution is -0.0159. The van der Waals surface area contributed by atoms with E-state index in [1.807, 2.05) is 0 Å². The van der Waals surface area contributed by atoms with Gasteiger partial charge >= 0.3 is 0 Å². The molecule has 2 aliphatic rings. The molecule has 3 rings (SSSR count). The highest BCUT2D eigenvalue weighted by atomic mass is 16.5. The summed E-state index contributed by atoms with van der Waals surface area (Å²) in [4.78, 5) is 0. The van der Waals surface area contributed by atoms with Gasteiger partial charge in [-0.1, -0.05) is 43.7 Å². The first-order chi connectivity index (χ1) is 10.4. The van der Waals surface area contributed by atoms with Crippen LogP contribution in [0.2, 0.25) is 0 Å². The van der Waals surface area contributed by atoms with Gasteiger partial charge in [-0.2, -0.15) is 0 Å². The first-order valence-corrected chi connectivity index (χ1v) is 9.03. The van der Waals surface area contributed by atoms with Crippen molar-refractivity contribution in [1.29, 1.82) is 0 Å². The van der Waals surface area contributed by atoms with Crippen LogP contribution in [0.25, 0.3) is 0 Å². The number of ether oxygens (including phenoxy) is 1. The van der Waals surface area contributed by atoms with Crippen LogP contribution in [0.5, 0.6) is 0 Å². The summed E-state index contributed by atoms with van der Waals surface area (Å²) < 4.78 is 6.08. The average Bonchev–Trinajstić information content (AvgIpc) is 2.55. The summed E-state index contributed by atoms with van der Waals surface area (Å²) in [6.45, 7) is 3.22. The van der Waals surface area contributed by atoms with E-state index in [9.17, 15) is 0 Å². The van der Waals surface area contributed by atoms with Crippen LogP contribution in [0.15, 0.2) is 30.3 Å². The minimum absolute atomic E-state index is 0.561. The molecule has 0 N–H and O–H groups in total. The molecule has 0 spiro atoms. The number of benzene rings is 1. The second-order valence-corrected chi connectivity index (χ2v) is 7.10. The Bertz CT molecular complexity index is 413. The van der Waals surface area contributed by atoms with E-state index in [4.69, 9.17) is 4.74 Å². The zero-order valence-corrected chi connectivity index (χ0v) is 13.5. The van der Waals surface area contributed by atoms with Crippen molar-refractivity contribution in [3.63, 3.8) is 0 Å². The van der Waals surface area contributed by atoms with Crippen molar-refractivity contribution in [3.8, 4) is 0 Å². The van der Waals surface area contributed by atoms with Crippen molar-refractivity contribution in [1.82, 2.24) is 0 Å². The molecule has 2 aliphatic carbocycles. The normalized spacial score (nSPS) is 32.6. The third kappa shape index (κ3) is 3.88. The summed E-state index contributed by atoms with van der Waals surface area (Å²) in [6, 6.07) is 11.2. The average molecular weight is 286 g/mol. The molecule has 2 saturated carbocycles. The molecule has 1 nitrogen and oxygen atoms in total. The fourth-order valence-electron chi connectivity index (χ4n) is 4.42. The number of rotatable bonds is 5. The molecule has 0 radical (unpaired) electrons. The minimum Gasteiger partial charge on any atom is -0.378 e. The van der Waals surface area contributed by atoms with Gasteiger partial charge in [0.2, 0.25) is 0 Å². The summed E-state index contributed by atoms with van der Waals surface area (Å²) in [7, 11) is 0. The van der Waals surface area contributed by atoms with Crippen molar-refractivity contribution in [2.24, 2.45) is 11.8 Å². The second-order valence-electron chi connectivity index (χ2n) is 7.10. The van der Waals surface area contributed by atoms with Crippen LogP contribution in [0.1, 0.15) is 69.8 Å². The third-order valence-electron chi connectivity index (χ3n) is 5.69. The number of unbranched alkanes of at least 4 members (excludes halogenated alkanes) is 1. The lowest BCUT2D eigenvalue weighted by Crippen LogP contribution is -2.33. The lowest BCUT2D eigenvalue weighted by Gasteiger charge is -2.42. The smallest absolute Gasteiger partial charge is 0.0578 e. The monoisotopic (exact) mass is 286 g/mol. The van der Waals surface area contributed by atoms with Gasteiger partial charge in [0.05, 0.1) is 6.10 Å². The standard InChI is InChI=1S/C20H30O/c1-2-3-13-21-20-12-11-18-14-17(9-10-19(18)15-20)16-7-5-4-6-8-16/h4-8,17-20H,2-3,9-15H2,1H3/t17-,18-,19+,20+/m1/s1. The van der Waals surface area contributed by atoms with Crippen molar-refractivity contribution in [2.75, 3.05) is 6.61 Å². The van der Waals surface area contributed by atoms with E-state index in [1.165, 1.54) is 51.4 Å². The molecular formula is C20H30O. The molecule has 4 atom stereocenters. The quantitative estimate of drug-likeness (QED) is 0.644. The predicted octanol–water partition coefficient (Wildman–Crippen LogP) is 5.56. The van der Waals surface area contributed by atoms with Crippen LogP contribution in [0.3, 0.4) is 0 Å². The van der Waals surface area contributed by atoms with E-state index in [1.54, 1.807) is 5.56 Å². The van der Waals surface area contributed by atoms with E-state index >= 15 is 0 Å². The zero-order valence-electron chi connectivity index (χ0n) is 13.5. The number of fused-ring (bicyclic) bond motifs is 1. The molecule has 1 aromatic rings. The van der Waals surface area contributed by atoms with E-state index in [2.05, 4.69) is 37.3 Å². The van der Waals surface area contributed by atoms with Gasteiger partial charge in [0.15, 0.2) is 0 Å². The molecule has 2 fully saturated rings. The summed E-state index contributed by atoms with van der Waals surface area (Å²) in [6.07, 6.45) is 11.3. The SMILES string of the molecule is CCCCO[C@H]1CC[C@@H]2C[C@H](c3ccccc3)CC[C@H]2C1. The van der Waals surface area contributed by atoms with Crippen molar-refractivity contribution in [2.45, 2.75) is 70.3 Å². The molecule has 116 valence electrons. The van der Waals surface area contributed by atoms with Crippen LogP contribution in [-0.4, -0.2) is 12.7 Å². The molecule has 21 heavy (non-hydrogen) atoms. The van der Waals surface area contributed by atoms with Crippen LogP contribution < -0.4 is 0 Å². The molecule has 1 aromatic carbocycles. The predicted molar refractivity (Wildman–Crippen MR) is 88.5 cm³/mol. The van der Waals surface area contributed by atoms with E-state index in [-0.39, 0.29) is 0 Å². The van der Waals surface area contributed by atoms with Crippen LogP contribution >= 0.6 is 0 Å². The Morgan fingerprint density at radius 2 is 1.71 bits per heavy atom. The van der Waals surface area contributed by atoms with E-state index in [0.717, 1.165) is 24.4 Å². The van der Waals surface area contributed by atoms with E-state index in [0.29, 0.717) is 6.10 Å². The number of hydrogen-bond acceptors (Lipinski definition) is 1. The topological polar surface area (TPSA) is 9.23 Å². The minimum atomic E-state index is 0.561. The van der Waals surface area contributed by atoms with Gasteiger partial charge in [-0.15, -0.1) is 0 Å². The Morgan fingerprint density at radius 3 is 2.52 bits per heavy atom. The van der Waals surface area contributed by atoms with Crippen molar-refractivity contribution in [3.05, 3.63) is 35.9 Å². The molecule has 0 saturated heterocycles. The van der Waals surface area contributed by atoms with Crippen LogP contribution in [-0.2, 0) is 4.74 Å². The largest absolute Gasteiger partial charge is 0.378 e. The Hall–Kier alpha value is -0.820. The lowest BCUT2D eigenvalue weighted by atomic mass is 9.65. The Balaban J connectivity index is 1.51. The highest BCUT2D eigenvalue weighted by Gasteiger charge is 2.36. The maximum atomic E-state index is 6.08. The molecule has 0 aromatic heterocycles. The van der Waals surface area contributed by atoms with E-state index < -0.39 is 0 Å². The molecule has 1 heteroatoms. The Labute approximate surface area is 130 Å². The highest BCUT2D eigenvalue weighted by Crippen LogP contribution is 2.46. The molecule has 0 bridgehead atoms. The van der Waals surface area contributed by atoms with Gasteiger partial charge in [0.25, 0.3) is 0 Å². The Kier molecular flexibility index (Phi) is 5.35. The summed E-state index contributed by atoms with van der Waals surface area (Å²) in [5.41, 5.74) is 1.57. The van der Waals surface area contributed by atoms with Gasteiger partial charge in [-0.3, -0.25) is 0 Å². The van der Waals surface area contributed by atoms with Crippen LogP contribution in [0, 0.1) is 11.8 Å². The van der Waals surface area contributed by atoms with Crippen molar-refractivity contribution < 1.29 is 4.74 Å². The van der Waals surface area contributed by atoms with Gasteiger partial charge < -0.3 is 4.74 Å². The van der Waals surface area contributed by atoms with Gasteiger partial charge in [-0.25, -0.2) is 0 Å². The maximum Gasteiger partial charge on any atom is 0.0578 e. The first-order valence-electron chi connectivity index (χ1n) is 9.03.